The van der Waals surface area contributed by atoms with Crippen molar-refractivity contribution in [3.63, 3.8) is 0 Å². The minimum absolute atomic E-state index is 0.359. The number of hydrogen-bond donors (Lipinski definition) is 1. The molecule has 0 saturated carbocycles. The van der Waals surface area contributed by atoms with E-state index in [4.69, 9.17) is 4.74 Å². The second kappa shape index (κ2) is 8.85. The quantitative estimate of drug-likeness (QED) is 0.599. The highest BCUT2D eigenvalue weighted by Gasteiger charge is 2.19. The van der Waals surface area contributed by atoms with Crippen LogP contribution < -0.4 is 4.72 Å². The lowest BCUT2D eigenvalue weighted by Gasteiger charge is -2.12. The van der Waals surface area contributed by atoms with Crippen molar-refractivity contribution in [1.29, 1.82) is 0 Å². The molecule has 160 valence electrons. The van der Waals surface area contributed by atoms with Gasteiger partial charge in [0.25, 0.3) is 10.2 Å². The molecule has 7 nitrogen and oxygen atoms in total. The first kappa shape index (κ1) is 21.0. The largest absolute Gasteiger partial charge is 0.381 e. The van der Waals surface area contributed by atoms with Gasteiger partial charge in [0.15, 0.2) is 0 Å². The van der Waals surface area contributed by atoms with E-state index >= 15 is 0 Å². The number of nitrogens with zero attached hydrogens (tertiary/aromatic N) is 3. The Bertz CT molecular complexity index is 1100. The van der Waals surface area contributed by atoms with E-state index < -0.39 is 10.2 Å². The Balaban J connectivity index is 1.64. The summed E-state index contributed by atoms with van der Waals surface area (Å²) < 4.78 is 35.7. The van der Waals surface area contributed by atoms with E-state index in [0.29, 0.717) is 18.9 Å². The third-order valence-electron chi connectivity index (χ3n) is 5.62. The monoisotopic (exact) mass is 428 g/mol. The molecule has 1 fully saturated rings. The number of pyridine rings is 1. The molecule has 1 N–H and O–H groups in total. The first-order valence-electron chi connectivity index (χ1n) is 10.2. The lowest BCUT2D eigenvalue weighted by Crippen LogP contribution is -2.36. The third-order valence-corrected chi connectivity index (χ3v) is 7.15. The van der Waals surface area contributed by atoms with E-state index in [1.807, 2.05) is 12.1 Å². The molecule has 2 aromatic heterocycles. The van der Waals surface area contributed by atoms with Crippen LogP contribution in [0.3, 0.4) is 0 Å². The molecular weight excluding hydrogens is 400 g/mol. The van der Waals surface area contributed by atoms with Gasteiger partial charge in [0.1, 0.15) is 0 Å². The Morgan fingerprint density at radius 1 is 1.20 bits per heavy atom. The SMILES string of the molecule is CN(C)S(=O)(=O)NCCc1cn(CC2CCOC2)c2cc(-c3ccncc3)ccc12. The van der Waals surface area contributed by atoms with Gasteiger partial charge in [-0.15, -0.1) is 0 Å². The van der Waals surface area contributed by atoms with E-state index in [1.165, 1.54) is 23.9 Å². The lowest BCUT2D eigenvalue weighted by atomic mass is 10.0. The van der Waals surface area contributed by atoms with E-state index in [2.05, 4.69) is 38.7 Å². The summed E-state index contributed by atoms with van der Waals surface area (Å²) in [7, 11) is -0.370. The van der Waals surface area contributed by atoms with Crippen LogP contribution in [0.25, 0.3) is 22.0 Å². The highest BCUT2D eigenvalue weighted by molar-refractivity contribution is 7.87. The van der Waals surface area contributed by atoms with Crippen molar-refractivity contribution in [2.24, 2.45) is 5.92 Å². The second-order valence-electron chi connectivity index (χ2n) is 7.94. The van der Waals surface area contributed by atoms with E-state index in [0.717, 1.165) is 48.3 Å². The number of rotatable bonds is 8. The first-order chi connectivity index (χ1) is 14.4. The number of nitrogens with one attached hydrogen (secondary N) is 1. The Labute approximate surface area is 177 Å². The number of benzene rings is 1. The van der Waals surface area contributed by atoms with Crippen molar-refractivity contribution in [2.75, 3.05) is 33.9 Å². The molecule has 3 heterocycles. The fourth-order valence-corrected chi connectivity index (χ4v) is 4.51. The normalized spacial score (nSPS) is 17.2. The molecule has 1 saturated heterocycles. The van der Waals surface area contributed by atoms with Crippen LogP contribution in [0.1, 0.15) is 12.0 Å². The summed E-state index contributed by atoms with van der Waals surface area (Å²) in [6, 6.07) is 10.5. The number of hydrogen-bond acceptors (Lipinski definition) is 4. The summed E-state index contributed by atoms with van der Waals surface area (Å²) >= 11 is 0. The Hall–Kier alpha value is -2.26. The molecule has 1 atom stereocenters. The van der Waals surface area contributed by atoms with Gasteiger partial charge in [-0.25, -0.2) is 4.72 Å². The van der Waals surface area contributed by atoms with Gasteiger partial charge in [-0.1, -0.05) is 12.1 Å². The minimum atomic E-state index is -3.42. The third kappa shape index (κ3) is 4.57. The van der Waals surface area contributed by atoms with Crippen LogP contribution in [0.15, 0.2) is 48.9 Å². The van der Waals surface area contributed by atoms with Crippen LogP contribution in [0, 0.1) is 5.92 Å². The topological polar surface area (TPSA) is 76.5 Å². The molecular formula is C22H28N4O3S. The molecule has 1 aromatic carbocycles. The first-order valence-corrected chi connectivity index (χ1v) is 11.6. The maximum atomic E-state index is 12.0. The van der Waals surface area contributed by atoms with Crippen LogP contribution in [0.5, 0.6) is 0 Å². The van der Waals surface area contributed by atoms with Crippen LogP contribution >= 0.6 is 0 Å². The molecule has 1 aliphatic heterocycles. The maximum Gasteiger partial charge on any atom is 0.278 e. The summed E-state index contributed by atoms with van der Waals surface area (Å²) in [4.78, 5) is 4.11. The van der Waals surface area contributed by atoms with E-state index in [9.17, 15) is 8.42 Å². The predicted octanol–water partition coefficient (Wildman–Crippen LogP) is 2.68. The predicted molar refractivity (Wildman–Crippen MR) is 118 cm³/mol. The molecule has 0 radical (unpaired) electrons. The van der Waals surface area contributed by atoms with Gasteiger partial charge in [0, 0.05) is 69.2 Å². The zero-order valence-electron chi connectivity index (χ0n) is 17.4. The molecule has 1 aliphatic rings. The van der Waals surface area contributed by atoms with Crippen molar-refractivity contribution in [1.82, 2.24) is 18.6 Å². The van der Waals surface area contributed by atoms with Gasteiger partial charge in [-0.3, -0.25) is 4.98 Å². The molecule has 0 aliphatic carbocycles. The molecule has 30 heavy (non-hydrogen) atoms. The van der Waals surface area contributed by atoms with Crippen molar-refractivity contribution < 1.29 is 13.2 Å². The van der Waals surface area contributed by atoms with Gasteiger partial charge < -0.3 is 9.30 Å². The number of ether oxygens (including phenoxy) is 1. The average molecular weight is 429 g/mol. The Morgan fingerprint density at radius 3 is 2.70 bits per heavy atom. The Kier molecular flexibility index (Phi) is 6.19. The van der Waals surface area contributed by atoms with Crippen molar-refractivity contribution in [3.05, 3.63) is 54.5 Å². The van der Waals surface area contributed by atoms with E-state index in [-0.39, 0.29) is 0 Å². The molecule has 0 amide bonds. The summed E-state index contributed by atoms with van der Waals surface area (Å²) in [5.74, 6) is 0.505. The zero-order chi connectivity index (χ0) is 21.1. The maximum absolute atomic E-state index is 12.0. The fraction of sp³-hybridized carbons (Fsp3) is 0.409. The molecule has 3 aromatic rings. The molecule has 8 heteroatoms. The van der Waals surface area contributed by atoms with Crippen molar-refractivity contribution in [2.45, 2.75) is 19.4 Å². The van der Waals surface area contributed by atoms with Gasteiger partial charge in [0.2, 0.25) is 0 Å². The molecule has 0 spiro atoms. The second-order valence-corrected chi connectivity index (χ2v) is 9.91. The smallest absolute Gasteiger partial charge is 0.278 e. The fourth-order valence-electron chi connectivity index (χ4n) is 3.89. The average Bonchev–Trinajstić information content (AvgIpc) is 3.37. The molecule has 4 rings (SSSR count). The van der Waals surface area contributed by atoms with Gasteiger partial charge in [0.05, 0.1) is 6.61 Å². The number of fused-ring (bicyclic) bond motifs is 1. The number of aromatic nitrogens is 2. The summed E-state index contributed by atoms with van der Waals surface area (Å²) in [5.41, 5.74) is 4.59. The standard InChI is InChI=1S/C22H28N4O3S/c1-25(2)30(27,28)24-11-7-20-15-26(14-17-8-12-29-16-17)22-13-19(3-4-21(20)22)18-5-9-23-10-6-18/h3-6,9-10,13,15,17,24H,7-8,11-12,14,16H2,1-2H3. The van der Waals surface area contributed by atoms with Crippen LogP contribution in [0.2, 0.25) is 0 Å². The Morgan fingerprint density at radius 2 is 2.00 bits per heavy atom. The van der Waals surface area contributed by atoms with Gasteiger partial charge >= 0.3 is 0 Å². The molecule has 0 bridgehead atoms. The van der Waals surface area contributed by atoms with Crippen molar-refractivity contribution >= 4 is 21.1 Å². The van der Waals surface area contributed by atoms with Gasteiger partial charge in [-0.05, 0) is 47.7 Å². The van der Waals surface area contributed by atoms with Crippen LogP contribution in [0.4, 0.5) is 0 Å². The minimum Gasteiger partial charge on any atom is -0.381 e. The summed E-state index contributed by atoms with van der Waals surface area (Å²) in [6.07, 6.45) is 7.48. The van der Waals surface area contributed by atoms with Crippen LogP contribution in [-0.4, -0.2) is 56.1 Å². The lowest BCUT2D eigenvalue weighted by molar-refractivity contribution is 0.183. The van der Waals surface area contributed by atoms with E-state index in [1.54, 1.807) is 12.4 Å². The highest BCUT2D eigenvalue weighted by Crippen LogP contribution is 2.29. The van der Waals surface area contributed by atoms with Crippen LogP contribution in [-0.2, 0) is 27.9 Å². The highest BCUT2D eigenvalue weighted by atomic mass is 32.2. The summed E-state index contributed by atoms with van der Waals surface area (Å²) in [5, 5.41) is 1.16. The zero-order valence-corrected chi connectivity index (χ0v) is 18.2. The van der Waals surface area contributed by atoms with Crippen molar-refractivity contribution in [3.8, 4) is 11.1 Å². The molecule has 1 unspecified atom stereocenters. The summed E-state index contributed by atoms with van der Waals surface area (Å²) in [6.45, 7) is 2.88. The van der Waals surface area contributed by atoms with Gasteiger partial charge in [-0.2, -0.15) is 12.7 Å².